The Labute approximate surface area is 416 Å². The molecule has 0 aromatic heterocycles. The summed E-state index contributed by atoms with van der Waals surface area (Å²) in [6.07, 6.45) is 68.2. The van der Waals surface area contributed by atoms with Gasteiger partial charge in [-0.2, -0.15) is 0 Å². The van der Waals surface area contributed by atoms with Crippen molar-refractivity contribution in [1.82, 2.24) is 0 Å². The van der Waals surface area contributed by atoms with Crippen molar-refractivity contribution in [2.24, 2.45) is 0 Å². The largest absolute Gasteiger partial charge is 0.462 e. The number of hydrogen-bond donors (Lipinski definition) is 0. The Balaban J connectivity index is 4.35. The van der Waals surface area contributed by atoms with Crippen LogP contribution < -0.4 is 0 Å². The molecule has 0 N–H and O–H groups in total. The summed E-state index contributed by atoms with van der Waals surface area (Å²) in [6.45, 7) is 6.59. The van der Waals surface area contributed by atoms with Gasteiger partial charge < -0.3 is 14.2 Å². The van der Waals surface area contributed by atoms with Gasteiger partial charge in [-0.3, -0.25) is 14.4 Å². The van der Waals surface area contributed by atoms with Gasteiger partial charge >= 0.3 is 17.9 Å². The van der Waals surface area contributed by atoms with E-state index in [-0.39, 0.29) is 31.1 Å². The van der Waals surface area contributed by atoms with Gasteiger partial charge in [-0.1, -0.05) is 249 Å². The molecule has 0 unspecified atom stereocenters. The summed E-state index contributed by atoms with van der Waals surface area (Å²) in [6, 6.07) is 0. The molecule has 6 nitrogen and oxygen atoms in total. The first-order chi connectivity index (χ1) is 33.0. The van der Waals surface area contributed by atoms with Gasteiger partial charge in [0.25, 0.3) is 0 Å². The highest BCUT2D eigenvalue weighted by Gasteiger charge is 2.19. The fourth-order valence-electron chi connectivity index (χ4n) is 8.39. The fraction of sp³-hybridized carbons (Fsp3) is 0.820. The van der Waals surface area contributed by atoms with E-state index in [1.54, 1.807) is 0 Å². The molecule has 390 valence electrons. The van der Waals surface area contributed by atoms with Gasteiger partial charge in [0, 0.05) is 19.3 Å². The molecule has 0 rings (SSSR count). The summed E-state index contributed by atoms with van der Waals surface area (Å²) >= 11 is 0. The predicted octanol–water partition coefficient (Wildman–Crippen LogP) is 19.4. The monoisotopic (exact) mass is 939 g/mol. The van der Waals surface area contributed by atoms with Crippen molar-refractivity contribution in [3.63, 3.8) is 0 Å². The van der Waals surface area contributed by atoms with Crippen LogP contribution in [0.15, 0.2) is 48.6 Å². The molecule has 67 heavy (non-hydrogen) atoms. The first-order valence-corrected chi connectivity index (χ1v) is 29.1. The molecule has 0 aromatic rings. The van der Waals surface area contributed by atoms with E-state index in [0.29, 0.717) is 19.3 Å². The normalized spacial score (nSPS) is 12.3. The smallest absolute Gasteiger partial charge is 0.306 e. The molecule has 0 aliphatic carbocycles. The van der Waals surface area contributed by atoms with Crippen LogP contribution in [0.5, 0.6) is 0 Å². The topological polar surface area (TPSA) is 78.9 Å². The van der Waals surface area contributed by atoms with Gasteiger partial charge in [-0.15, -0.1) is 0 Å². The van der Waals surface area contributed by atoms with E-state index in [1.165, 1.54) is 186 Å². The molecule has 0 aliphatic heterocycles. The molecule has 0 aliphatic rings. The molecule has 6 heteroatoms. The second-order valence-electron chi connectivity index (χ2n) is 19.6. The number of ether oxygens (including phenoxy) is 3. The summed E-state index contributed by atoms with van der Waals surface area (Å²) in [4.78, 5) is 38.1. The Kier molecular flexibility index (Phi) is 53.8. The standard InChI is InChI=1S/C61H110O6/c1-4-7-10-13-16-19-22-25-27-28-29-30-31-32-34-37-40-43-46-49-52-55-61(64)67-58(56-65-59(62)53-50-47-44-41-38-35-24-21-18-15-12-9-6-3)57-66-60(63)54-51-48-45-42-39-36-33-26-23-20-17-14-11-8-5-2/h17,20-21,24,26,33,39,42,58H,4-16,18-19,22-23,25,27-32,34-38,40-41,43-57H2,1-3H3/b20-17-,24-21-,33-26-,42-39-/t58-/m0/s1. The van der Waals surface area contributed by atoms with Crippen LogP contribution >= 0.6 is 0 Å². The lowest BCUT2D eigenvalue weighted by Gasteiger charge is -2.18. The number of hydrogen-bond acceptors (Lipinski definition) is 6. The Morgan fingerprint density at radius 1 is 0.299 bits per heavy atom. The molecule has 1 atom stereocenters. The van der Waals surface area contributed by atoms with E-state index in [1.807, 2.05) is 0 Å². The molecular weight excluding hydrogens is 829 g/mol. The average Bonchev–Trinajstić information content (AvgIpc) is 3.33. The van der Waals surface area contributed by atoms with Crippen LogP contribution in [-0.2, 0) is 28.6 Å². The Morgan fingerprint density at radius 3 is 0.925 bits per heavy atom. The third-order valence-corrected chi connectivity index (χ3v) is 12.8. The molecule has 0 bridgehead atoms. The lowest BCUT2D eigenvalue weighted by Crippen LogP contribution is -2.30. The van der Waals surface area contributed by atoms with Gasteiger partial charge in [-0.25, -0.2) is 0 Å². The van der Waals surface area contributed by atoms with Crippen LogP contribution in [0.3, 0.4) is 0 Å². The number of esters is 3. The first kappa shape index (κ1) is 64.4. The maximum atomic E-state index is 12.9. The third kappa shape index (κ3) is 54.2. The molecule has 0 amide bonds. The summed E-state index contributed by atoms with van der Waals surface area (Å²) < 4.78 is 16.8. The van der Waals surface area contributed by atoms with Crippen molar-refractivity contribution < 1.29 is 28.6 Å². The molecule has 0 fully saturated rings. The van der Waals surface area contributed by atoms with Crippen molar-refractivity contribution in [3.05, 3.63) is 48.6 Å². The van der Waals surface area contributed by atoms with Gasteiger partial charge in [-0.05, 0) is 83.5 Å². The minimum atomic E-state index is -0.789. The molecular formula is C61H110O6. The maximum Gasteiger partial charge on any atom is 0.306 e. The van der Waals surface area contributed by atoms with Crippen molar-refractivity contribution in [3.8, 4) is 0 Å². The number of allylic oxidation sites excluding steroid dienone is 8. The average molecular weight is 940 g/mol. The van der Waals surface area contributed by atoms with Crippen molar-refractivity contribution in [2.75, 3.05) is 13.2 Å². The highest BCUT2D eigenvalue weighted by atomic mass is 16.6. The zero-order valence-corrected chi connectivity index (χ0v) is 44.7. The Morgan fingerprint density at radius 2 is 0.537 bits per heavy atom. The molecule has 0 saturated heterocycles. The predicted molar refractivity (Wildman–Crippen MR) is 289 cm³/mol. The Hall–Kier alpha value is -2.63. The van der Waals surface area contributed by atoms with E-state index in [4.69, 9.17) is 14.2 Å². The highest BCUT2D eigenvalue weighted by Crippen LogP contribution is 2.17. The van der Waals surface area contributed by atoms with Crippen molar-refractivity contribution >= 4 is 17.9 Å². The van der Waals surface area contributed by atoms with E-state index in [0.717, 1.165) is 77.0 Å². The van der Waals surface area contributed by atoms with Crippen LogP contribution in [0, 0.1) is 0 Å². The van der Waals surface area contributed by atoms with Gasteiger partial charge in [0.05, 0.1) is 0 Å². The van der Waals surface area contributed by atoms with E-state index in [2.05, 4.69) is 69.4 Å². The van der Waals surface area contributed by atoms with Crippen LogP contribution in [0.2, 0.25) is 0 Å². The first-order valence-electron chi connectivity index (χ1n) is 29.1. The number of carbonyl (C=O) groups excluding carboxylic acids is 3. The third-order valence-electron chi connectivity index (χ3n) is 12.8. The van der Waals surface area contributed by atoms with E-state index >= 15 is 0 Å². The Bertz CT molecular complexity index is 1170. The minimum Gasteiger partial charge on any atom is -0.462 e. The van der Waals surface area contributed by atoms with Crippen molar-refractivity contribution in [2.45, 2.75) is 309 Å². The number of unbranched alkanes of at least 4 members (excludes halogenated alkanes) is 34. The summed E-state index contributed by atoms with van der Waals surface area (Å²) in [5.41, 5.74) is 0. The fourth-order valence-corrected chi connectivity index (χ4v) is 8.39. The number of rotatable bonds is 53. The van der Waals surface area contributed by atoms with Crippen LogP contribution in [-0.4, -0.2) is 37.2 Å². The molecule has 0 saturated carbocycles. The van der Waals surface area contributed by atoms with Gasteiger partial charge in [0.2, 0.25) is 0 Å². The number of carbonyl (C=O) groups is 3. The van der Waals surface area contributed by atoms with Crippen LogP contribution in [0.4, 0.5) is 0 Å². The highest BCUT2D eigenvalue weighted by molar-refractivity contribution is 5.71. The zero-order valence-electron chi connectivity index (χ0n) is 44.7. The van der Waals surface area contributed by atoms with Crippen LogP contribution in [0.1, 0.15) is 303 Å². The summed E-state index contributed by atoms with van der Waals surface area (Å²) in [5.74, 6) is -0.920. The zero-order chi connectivity index (χ0) is 48.6. The van der Waals surface area contributed by atoms with Crippen LogP contribution in [0.25, 0.3) is 0 Å². The molecule has 0 aromatic carbocycles. The molecule has 0 heterocycles. The van der Waals surface area contributed by atoms with E-state index in [9.17, 15) is 14.4 Å². The van der Waals surface area contributed by atoms with E-state index < -0.39 is 6.10 Å². The quantitative estimate of drug-likeness (QED) is 0.0262. The maximum absolute atomic E-state index is 12.9. The summed E-state index contributed by atoms with van der Waals surface area (Å²) in [5, 5.41) is 0. The van der Waals surface area contributed by atoms with Gasteiger partial charge in [0.1, 0.15) is 13.2 Å². The SMILES string of the molecule is CCCCC/C=C\C/C=C\C/C=C\CCCCC(=O)OC[C@H](COC(=O)CCCCCCC/C=C\CCCCCC)OC(=O)CCCCCCCCCCCCCCCCCCCCCCC. The molecule has 0 radical (unpaired) electrons. The minimum absolute atomic E-state index is 0.0869. The van der Waals surface area contributed by atoms with Crippen molar-refractivity contribution in [1.29, 1.82) is 0 Å². The summed E-state index contributed by atoms with van der Waals surface area (Å²) in [7, 11) is 0. The van der Waals surface area contributed by atoms with Gasteiger partial charge in [0.15, 0.2) is 6.10 Å². The lowest BCUT2D eigenvalue weighted by molar-refractivity contribution is -0.167. The molecule has 0 spiro atoms. The lowest BCUT2D eigenvalue weighted by atomic mass is 10.0. The second kappa shape index (κ2) is 56.0. The second-order valence-corrected chi connectivity index (χ2v) is 19.6.